The molecule has 20 heavy (non-hydrogen) atoms. The molecule has 2 heterocycles. The molecule has 0 saturated carbocycles. The van der Waals surface area contributed by atoms with Crippen molar-refractivity contribution in [1.82, 2.24) is 15.2 Å². The van der Waals surface area contributed by atoms with Gasteiger partial charge in [-0.2, -0.15) is 8.78 Å². The Hall–Kier alpha value is -1.40. The smallest absolute Gasteiger partial charge is 0.370 e. The molecule has 108 valence electrons. The third kappa shape index (κ3) is 3.80. The van der Waals surface area contributed by atoms with Gasteiger partial charge in [-0.15, -0.1) is 0 Å². The first-order valence-electron chi connectivity index (χ1n) is 5.78. The largest absolute Gasteiger partial charge is 0.384 e. The summed E-state index contributed by atoms with van der Waals surface area (Å²) in [6, 6.07) is 3.42. The number of aromatic nitrogens is 1. The Morgan fingerprint density at radius 2 is 2.30 bits per heavy atom. The van der Waals surface area contributed by atoms with E-state index in [-0.39, 0.29) is 0 Å². The molecule has 0 amide bonds. The molecule has 1 saturated heterocycles. The Labute approximate surface area is 124 Å². The third-order valence-electron chi connectivity index (χ3n) is 2.74. The Morgan fingerprint density at radius 1 is 1.55 bits per heavy atom. The lowest BCUT2D eigenvalue weighted by atomic mass is 10.2. The molecule has 0 aliphatic carbocycles. The fraction of sp³-hybridized carbons (Fsp3) is 0.333. The highest BCUT2D eigenvalue weighted by atomic mass is 35.5. The maximum Gasteiger partial charge on any atom is 0.384 e. The summed E-state index contributed by atoms with van der Waals surface area (Å²) >= 11 is 10.4. The van der Waals surface area contributed by atoms with Gasteiger partial charge >= 0.3 is 5.38 Å². The lowest BCUT2D eigenvalue weighted by Crippen LogP contribution is -2.25. The highest BCUT2D eigenvalue weighted by Gasteiger charge is 2.35. The zero-order chi connectivity index (χ0) is 14.8. The van der Waals surface area contributed by atoms with Gasteiger partial charge in [0.2, 0.25) is 5.78 Å². The molecule has 1 N–H and O–H groups in total. The summed E-state index contributed by atoms with van der Waals surface area (Å²) in [4.78, 5) is 16.9. The number of ketones is 1. The molecule has 0 bridgehead atoms. The number of nitrogens with one attached hydrogen (secondary N) is 1. The monoisotopic (exact) mass is 321 g/mol. The first-order chi connectivity index (χ1) is 9.36. The number of carbonyl (C=O) groups excluding carboxylic acids is 1. The summed E-state index contributed by atoms with van der Waals surface area (Å²) in [5.41, 5.74) is 0.856. The predicted octanol–water partition coefficient (Wildman–Crippen LogP) is 2.38. The van der Waals surface area contributed by atoms with Gasteiger partial charge in [-0.05, 0) is 23.2 Å². The predicted molar refractivity (Wildman–Crippen MR) is 71.5 cm³/mol. The van der Waals surface area contributed by atoms with Crippen LogP contribution in [0.15, 0.2) is 30.2 Å². The molecule has 2 rings (SSSR count). The highest BCUT2D eigenvalue weighted by molar-refractivity contribution is 6.34. The van der Waals surface area contributed by atoms with Crippen molar-refractivity contribution in [3.8, 4) is 0 Å². The van der Waals surface area contributed by atoms with Gasteiger partial charge in [-0.1, -0.05) is 17.7 Å². The Balaban J connectivity index is 2.09. The fourth-order valence-electron chi connectivity index (χ4n) is 1.78. The van der Waals surface area contributed by atoms with Gasteiger partial charge in [0.05, 0.1) is 0 Å². The van der Waals surface area contributed by atoms with Crippen molar-refractivity contribution < 1.29 is 13.6 Å². The molecular formula is C12H11Cl2F2N3O. The molecule has 1 aliphatic rings. The van der Waals surface area contributed by atoms with Crippen LogP contribution in [0, 0.1) is 0 Å². The van der Waals surface area contributed by atoms with E-state index in [2.05, 4.69) is 21.9 Å². The molecule has 4 nitrogen and oxygen atoms in total. The van der Waals surface area contributed by atoms with Crippen molar-refractivity contribution in [1.29, 1.82) is 0 Å². The molecule has 1 aromatic rings. The molecule has 1 fully saturated rings. The van der Waals surface area contributed by atoms with Crippen molar-refractivity contribution in [2.75, 3.05) is 13.1 Å². The Morgan fingerprint density at radius 3 is 2.90 bits per heavy atom. The second-order valence-electron chi connectivity index (χ2n) is 4.23. The molecule has 0 atom stereocenters. The number of pyridine rings is 1. The maximum atomic E-state index is 12.7. The molecule has 0 radical (unpaired) electrons. The molecule has 1 aliphatic heterocycles. The highest BCUT2D eigenvalue weighted by Crippen LogP contribution is 2.22. The van der Waals surface area contributed by atoms with Crippen LogP contribution in [0.4, 0.5) is 8.78 Å². The summed E-state index contributed by atoms with van der Waals surface area (Å²) in [7, 11) is 0. The average molecular weight is 322 g/mol. The van der Waals surface area contributed by atoms with Crippen LogP contribution in [-0.4, -0.2) is 34.1 Å². The van der Waals surface area contributed by atoms with Crippen LogP contribution in [-0.2, 0) is 11.3 Å². The summed E-state index contributed by atoms with van der Waals surface area (Å²) in [5.74, 6) is -1.12. The quantitative estimate of drug-likeness (QED) is 0.525. The summed E-state index contributed by atoms with van der Waals surface area (Å²) in [6.45, 7) is 1.59. The van der Waals surface area contributed by atoms with Gasteiger partial charge in [0.25, 0.3) is 0 Å². The summed E-state index contributed by atoms with van der Waals surface area (Å²) in [5, 5.41) is -0.639. The minimum atomic E-state index is -3.88. The molecular weight excluding hydrogens is 311 g/mol. The van der Waals surface area contributed by atoms with Gasteiger partial charge in [0.15, 0.2) is 0 Å². The lowest BCUT2D eigenvalue weighted by molar-refractivity contribution is -0.128. The van der Waals surface area contributed by atoms with E-state index in [1.165, 1.54) is 0 Å². The van der Waals surface area contributed by atoms with E-state index < -0.39 is 11.2 Å². The topological polar surface area (TPSA) is 45.2 Å². The van der Waals surface area contributed by atoms with Crippen molar-refractivity contribution >= 4 is 29.0 Å². The standard InChI is InChI=1S/C12H11Cl2F2N3O/c13-10-2-1-8(6-18-10)7-19-4-3-17-11(19)5-9(20)12(14,15)16/h1-2,5-6,17H,3-4,7H2. The van der Waals surface area contributed by atoms with E-state index in [1.54, 1.807) is 23.2 Å². The van der Waals surface area contributed by atoms with Crippen molar-refractivity contribution in [3.05, 3.63) is 40.9 Å². The Bertz CT molecular complexity index is 528. The van der Waals surface area contributed by atoms with Crippen molar-refractivity contribution in [2.45, 2.75) is 11.9 Å². The van der Waals surface area contributed by atoms with E-state index in [0.29, 0.717) is 30.6 Å². The Kier molecular flexibility index (Phi) is 4.45. The van der Waals surface area contributed by atoms with Crippen molar-refractivity contribution in [3.63, 3.8) is 0 Å². The van der Waals surface area contributed by atoms with Crippen LogP contribution in [0.1, 0.15) is 5.56 Å². The SMILES string of the molecule is O=C(C=C1NCCN1Cc1ccc(Cl)nc1)C(F)(F)Cl. The molecule has 0 spiro atoms. The minimum Gasteiger partial charge on any atom is -0.370 e. The summed E-state index contributed by atoms with van der Waals surface area (Å²) in [6.07, 6.45) is 2.42. The molecule has 0 aromatic carbocycles. The van der Waals surface area contributed by atoms with E-state index in [0.717, 1.165) is 11.6 Å². The first kappa shape index (κ1) is 15.0. The van der Waals surface area contributed by atoms with Crippen LogP contribution >= 0.6 is 23.2 Å². The van der Waals surface area contributed by atoms with E-state index >= 15 is 0 Å². The number of hydrogen-bond acceptors (Lipinski definition) is 4. The number of alkyl halides is 3. The van der Waals surface area contributed by atoms with Gasteiger partial charge in [-0.25, -0.2) is 4.98 Å². The average Bonchev–Trinajstić information content (AvgIpc) is 2.78. The van der Waals surface area contributed by atoms with Crippen molar-refractivity contribution in [2.24, 2.45) is 0 Å². The number of carbonyl (C=O) groups is 1. The summed E-state index contributed by atoms with van der Waals surface area (Å²) < 4.78 is 25.3. The second kappa shape index (κ2) is 5.93. The number of rotatable bonds is 4. The van der Waals surface area contributed by atoms with E-state index in [1.807, 2.05) is 0 Å². The van der Waals surface area contributed by atoms with Crippen LogP contribution in [0.2, 0.25) is 5.15 Å². The number of hydrogen-bond donors (Lipinski definition) is 1. The van der Waals surface area contributed by atoms with Crippen LogP contribution in [0.25, 0.3) is 0 Å². The first-order valence-corrected chi connectivity index (χ1v) is 6.54. The molecule has 8 heteroatoms. The van der Waals surface area contributed by atoms with Crippen LogP contribution in [0.5, 0.6) is 0 Å². The van der Waals surface area contributed by atoms with Gasteiger partial charge in [0.1, 0.15) is 11.0 Å². The number of halogens is 4. The molecule has 0 unspecified atom stereocenters. The van der Waals surface area contributed by atoms with Gasteiger partial charge < -0.3 is 10.2 Å². The third-order valence-corrected chi connectivity index (χ3v) is 3.15. The van der Waals surface area contributed by atoms with E-state index in [4.69, 9.17) is 11.6 Å². The van der Waals surface area contributed by atoms with Crippen LogP contribution in [0.3, 0.4) is 0 Å². The van der Waals surface area contributed by atoms with Gasteiger partial charge in [-0.3, -0.25) is 4.79 Å². The maximum absolute atomic E-state index is 12.7. The van der Waals surface area contributed by atoms with Crippen LogP contribution < -0.4 is 5.32 Å². The number of nitrogens with zero attached hydrogens (tertiary/aromatic N) is 2. The fourth-order valence-corrected chi connectivity index (χ4v) is 1.95. The molecule has 1 aromatic heterocycles. The van der Waals surface area contributed by atoms with Gasteiger partial charge in [0, 0.05) is 31.9 Å². The second-order valence-corrected chi connectivity index (χ2v) is 5.09. The number of allylic oxidation sites excluding steroid dienone is 1. The zero-order valence-electron chi connectivity index (χ0n) is 10.2. The normalized spacial score (nSPS) is 17.4. The van der Waals surface area contributed by atoms with E-state index in [9.17, 15) is 13.6 Å². The minimum absolute atomic E-state index is 0.324. The lowest BCUT2D eigenvalue weighted by Gasteiger charge is -2.19. The zero-order valence-corrected chi connectivity index (χ0v) is 11.8.